The van der Waals surface area contributed by atoms with Gasteiger partial charge in [0.25, 0.3) is 0 Å². The highest BCUT2D eigenvalue weighted by molar-refractivity contribution is 5.84. The first kappa shape index (κ1) is 13.2. The van der Waals surface area contributed by atoms with Gasteiger partial charge in [-0.15, -0.1) is 0 Å². The van der Waals surface area contributed by atoms with Crippen molar-refractivity contribution in [2.45, 2.75) is 12.8 Å². The molecule has 0 radical (unpaired) electrons. The Bertz CT molecular complexity index is 786. The summed E-state index contributed by atoms with van der Waals surface area (Å²) < 4.78 is 12.9. The molecule has 0 unspecified atom stereocenters. The fourth-order valence-electron chi connectivity index (χ4n) is 2.16. The Morgan fingerprint density at radius 2 is 1.62 bits per heavy atom. The van der Waals surface area contributed by atoms with E-state index in [1.54, 1.807) is 12.1 Å². The van der Waals surface area contributed by atoms with Crippen molar-refractivity contribution < 1.29 is 4.39 Å². The number of hydrogen-bond donors (Lipinski definition) is 2. The average molecular weight is 283 g/mol. The summed E-state index contributed by atoms with van der Waals surface area (Å²) in [6.07, 6.45) is 1.50. The normalized spacial score (nSPS) is 10.9. The van der Waals surface area contributed by atoms with Gasteiger partial charge in [-0.2, -0.15) is 4.98 Å². The van der Waals surface area contributed by atoms with Crippen molar-refractivity contribution >= 4 is 22.8 Å². The number of halogens is 1. The molecule has 21 heavy (non-hydrogen) atoms. The van der Waals surface area contributed by atoms with Crippen LogP contribution in [0.3, 0.4) is 0 Å². The van der Waals surface area contributed by atoms with Crippen molar-refractivity contribution in [2.24, 2.45) is 0 Å². The van der Waals surface area contributed by atoms with E-state index in [1.165, 1.54) is 12.1 Å². The number of rotatable bonds is 3. The summed E-state index contributed by atoms with van der Waals surface area (Å²) in [5.74, 6) is 0.187. The first-order valence-electron chi connectivity index (χ1n) is 6.55. The molecule has 0 atom stereocenters. The van der Waals surface area contributed by atoms with E-state index in [9.17, 15) is 4.39 Å². The molecule has 0 spiro atoms. The van der Waals surface area contributed by atoms with Gasteiger partial charge in [0.05, 0.1) is 5.52 Å². The molecule has 2 heterocycles. The molecule has 0 fully saturated rings. The number of nitrogens with zero attached hydrogens (tertiary/aromatic N) is 3. The Morgan fingerprint density at radius 1 is 0.857 bits per heavy atom. The molecule has 5 nitrogen and oxygen atoms in total. The van der Waals surface area contributed by atoms with Crippen LogP contribution in [0.4, 0.5) is 16.2 Å². The van der Waals surface area contributed by atoms with Crippen molar-refractivity contribution in [1.82, 2.24) is 15.0 Å². The highest BCUT2D eigenvalue weighted by Crippen LogP contribution is 2.17. The summed E-state index contributed by atoms with van der Waals surface area (Å²) in [7, 11) is 0. The van der Waals surface area contributed by atoms with E-state index in [1.807, 2.05) is 12.1 Å². The van der Waals surface area contributed by atoms with E-state index in [-0.39, 0.29) is 17.6 Å². The van der Waals surface area contributed by atoms with Crippen LogP contribution in [0.2, 0.25) is 0 Å². The van der Waals surface area contributed by atoms with Crippen LogP contribution in [0.1, 0.15) is 11.3 Å². The number of anilines is 2. The SMILES string of the molecule is Nc1nc(N)c2nc(CCc3ccc(F)cc3)ccc2n1. The van der Waals surface area contributed by atoms with E-state index in [0.717, 1.165) is 24.1 Å². The van der Waals surface area contributed by atoms with Crippen LogP contribution >= 0.6 is 0 Å². The summed E-state index contributed by atoms with van der Waals surface area (Å²) in [6.45, 7) is 0. The maximum atomic E-state index is 12.9. The number of fused-ring (bicyclic) bond motifs is 1. The zero-order valence-electron chi connectivity index (χ0n) is 11.3. The van der Waals surface area contributed by atoms with Crippen LogP contribution in [0.5, 0.6) is 0 Å². The lowest BCUT2D eigenvalue weighted by molar-refractivity contribution is 0.627. The van der Waals surface area contributed by atoms with Crippen LogP contribution in [0.15, 0.2) is 36.4 Å². The first-order valence-corrected chi connectivity index (χ1v) is 6.55. The van der Waals surface area contributed by atoms with Crippen molar-refractivity contribution in [3.63, 3.8) is 0 Å². The Kier molecular flexibility index (Phi) is 3.35. The first-order chi connectivity index (χ1) is 10.1. The van der Waals surface area contributed by atoms with Gasteiger partial charge in [-0.3, -0.25) is 0 Å². The van der Waals surface area contributed by atoms with Gasteiger partial charge in [-0.1, -0.05) is 12.1 Å². The average Bonchev–Trinajstić information content (AvgIpc) is 2.47. The molecule has 0 aliphatic carbocycles. The molecule has 6 heteroatoms. The predicted octanol–water partition coefficient (Wildman–Crippen LogP) is 2.11. The molecule has 106 valence electrons. The van der Waals surface area contributed by atoms with E-state index >= 15 is 0 Å². The minimum atomic E-state index is -0.231. The number of nitrogen functional groups attached to an aromatic ring is 2. The monoisotopic (exact) mass is 283 g/mol. The van der Waals surface area contributed by atoms with Gasteiger partial charge < -0.3 is 11.5 Å². The van der Waals surface area contributed by atoms with Crippen LogP contribution in [0, 0.1) is 5.82 Å². The second-order valence-corrected chi connectivity index (χ2v) is 4.76. The number of benzene rings is 1. The Hall–Kier alpha value is -2.76. The van der Waals surface area contributed by atoms with Crippen LogP contribution < -0.4 is 11.5 Å². The molecule has 1 aromatic carbocycles. The number of aryl methyl sites for hydroxylation is 2. The number of nitrogens with two attached hydrogens (primary N) is 2. The molecule has 3 aromatic rings. The van der Waals surface area contributed by atoms with Crippen molar-refractivity contribution in [3.05, 3.63) is 53.5 Å². The zero-order chi connectivity index (χ0) is 14.8. The predicted molar refractivity (Wildman–Crippen MR) is 80.0 cm³/mol. The van der Waals surface area contributed by atoms with Gasteiger partial charge in [0.15, 0.2) is 5.82 Å². The van der Waals surface area contributed by atoms with Gasteiger partial charge in [0.1, 0.15) is 11.3 Å². The summed E-state index contributed by atoms with van der Waals surface area (Å²) in [6, 6.07) is 10.2. The lowest BCUT2D eigenvalue weighted by Crippen LogP contribution is -2.03. The third kappa shape index (κ3) is 2.89. The molecule has 3 rings (SSSR count). The van der Waals surface area contributed by atoms with Gasteiger partial charge in [-0.05, 0) is 42.7 Å². The molecule has 0 amide bonds. The molecule has 0 bridgehead atoms. The Labute approximate surface area is 120 Å². The van der Waals surface area contributed by atoms with Gasteiger partial charge in [-0.25, -0.2) is 14.4 Å². The highest BCUT2D eigenvalue weighted by atomic mass is 19.1. The van der Waals surface area contributed by atoms with E-state index in [2.05, 4.69) is 15.0 Å². The molecular weight excluding hydrogens is 269 g/mol. The minimum Gasteiger partial charge on any atom is -0.382 e. The molecule has 0 aliphatic heterocycles. The molecule has 0 saturated carbocycles. The second kappa shape index (κ2) is 5.32. The summed E-state index contributed by atoms with van der Waals surface area (Å²) in [4.78, 5) is 12.5. The molecule has 0 aliphatic rings. The second-order valence-electron chi connectivity index (χ2n) is 4.76. The lowest BCUT2D eigenvalue weighted by atomic mass is 10.1. The van der Waals surface area contributed by atoms with Gasteiger partial charge >= 0.3 is 0 Å². The van der Waals surface area contributed by atoms with Gasteiger partial charge in [0.2, 0.25) is 5.95 Å². The maximum Gasteiger partial charge on any atom is 0.222 e. The maximum absolute atomic E-state index is 12.9. The summed E-state index contributed by atoms with van der Waals surface area (Å²) in [5.41, 5.74) is 14.5. The Balaban J connectivity index is 1.83. The van der Waals surface area contributed by atoms with Crippen molar-refractivity contribution in [2.75, 3.05) is 11.5 Å². The van der Waals surface area contributed by atoms with E-state index in [4.69, 9.17) is 11.5 Å². The van der Waals surface area contributed by atoms with E-state index < -0.39 is 0 Å². The van der Waals surface area contributed by atoms with Crippen molar-refractivity contribution in [1.29, 1.82) is 0 Å². The largest absolute Gasteiger partial charge is 0.382 e. The fraction of sp³-hybridized carbons (Fsp3) is 0.133. The third-order valence-corrected chi connectivity index (χ3v) is 3.23. The quantitative estimate of drug-likeness (QED) is 0.768. The lowest BCUT2D eigenvalue weighted by Gasteiger charge is -2.05. The summed E-state index contributed by atoms with van der Waals surface area (Å²) >= 11 is 0. The number of pyridine rings is 1. The number of hydrogen-bond acceptors (Lipinski definition) is 5. The molecular formula is C15H14FN5. The van der Waals surface area contributed by atoms with Crippen LogP contribution in [-0.4, -0.2) is 15.0 Å². The molecule has 4 N–H and O–H groups in total. The molecule has 2 aromatic heterocycles. The number of aromatic nitrogens is 3. The summed E-state index contributed by atoms with van der Waals surface area (Å²) in [5, 5.41) is 0. The third-order valence-electron chi connectivity index (χ3n) is 3.23. The van der Waals surface area contributed by atoms with E-state index in [0.29, 0.717) is 11.0 Å². The minimum absolute atomic E-state index is 0.140. The highest BCUT2D eigenvalue weighted by Gasteiger charge is 2.06. The topological polar surface area (TPSA) is 90.7 Å². The van der Waals surface area contributed by atoms with Crippen LogP contribution in [-0.2, 0) is 12.8 Å². The molecule has 0 saturated heterocycles. The standard InChI is InChI=1S/C15H14FN5/c16-10-4-1-9(2-5-10)3-6-11-7-8-12-13(19-11)14(17)21-15(18)20-12/h1-2,4-5,7-8H,3,6H2,(H4,17,18,20,21). The smallest absolute Gasteiger partial charge is 0.222 e. The fourth-order valence-corrected chi connectivity index (χ4v) is 2.16. The van der Waals surface area contributed by atoms with Crippen LogP contribution in [0.25, 0.3) is 11.0 Å². The zero-order valence-corrected chi connectivity index (χ0v) is 11.3. The van der Waals surface area contributed by atoms with Gasteiger partial charge in [0, 0.05) is 5.69 Å². The van der Waals surface area contributed by atoms with Crippen molar-refractivity contribution in [3.8, 4) is 0 Å². The Morgan fingerprint density at radius 3 is 2.38 bits per heavy atom.